The van der Waals surface area contributed by atoms with Crippen LogP contribution < -0.4 is 10.6 Å². The smallest absolute Gasteiger partial charge is 0.322 e. The highest BCUT2D eigenvalue weighted by Gasteiger charge is 2.49. The van der Waals surface area contributed by atoms with Crippen molar-refractivity contribution < 1.29 is 19.1 Å². The van der Waals surface area contributed by atoms with Crippen LogP contribution in [0.15, 0.2) is 0 Å². The minimum atomic E-state index is -1.22. The largest absolute Gasteiger partial charge is 0.466 e. The minimum absolute atomic E-state index is 0.245. The monoisotopic (exact) mass is 214 g/mol. The summed E-state index contributed by atoms with van der Waals surface area (Å²) in [5.41, 5.74) is -1.22. The third-order valence-corrected chi connectivity index (χ3v) is 2.58. The second-order valence-electron chi connectivity index (χ2n) is 3.58. The quantitative estimate of drug-likeness (QED) is 0.502. The van der Waals surface area contributed by atoms with Crippen LogP contribution in [0.4, 0.5) is 4.79 Å². The van der Waals surface area contributed by atoms with Gasteiger partial charge in [-0.15, -0.1) is 0 Å². The molecule has 1 saturated heterocycles. The second kappa shape index (κ2) is 3.88. The standard InChI is InChI=1S/C9H14N2O4/c1-4-15-6(12)5(2)9(3)7(13)10-8(14)11-9/h5H,4H2,1-3H3,(H2,10,11,13,14). The number of hydrogen-bond donors (Lipinski definition) is 2. The molecule has 1 rings (SSSR count). The molecule has 15 heavy (non-hydrogen) atoms. The van der Waals surface area contributed by atoms with Gasteiger partial charge in [0.05, 0.1) is 12.5 Å². The average molecular weight is 214 g/mol. The number of imide groups is 1. The van der Waals surface area contributed by atoms with Crippen LogP contribution in [0.3, 0.4) is 0 Å². The maximum absolute atomic E-state index is 11.5. The molecule has 0 aromatic rings. The summed E-state index contributed by atoms with van der Waals surface area (Å²) in [5, 5.41) is 4.51. The summed E-state index contributed by atoms with van der Waals surface area (Å²) >= 11 is 0. The highest BCUT2D eigenvalue weighted by atomic mass is 16.5. The summed E-state index contributed by atoms with van der Waals surface area (Å²) in [7, 11) is 0. The number of hydrogen-bond acceptors (Lipinski definition) is 4. The number of nitrogens with one attached hydrogen (secondary N) is 2. The first kappa shape index (κ1) is 11.5. The molecule has 0 saturated carbocycles. The van der Waals surface area contributed by atoms with Crippen molar-refractivity contribution in [3.63, 3.8) is 0 Å². The Kier molecular flexibility index (Phi) is 2.97. The Labute approximate surface area is 87.4 Å². The van der Waals surface area contributed by atoms with Gasteiger partial charge < -0.3 is 10.1 Å². The molecule has 1 fully saturated rings. The van der Waals surface area contributed by atoms with Crippen LogP contribution >= 0.6 is 0 Å². The van der Waals surface area contributed by atoms with Crippen molar-refractivity contribution in [1.29, 1.82) is 0 Å². The number of ether oxygens (including phenoxy) is 1. The van der Waals surface area contributed by atoms with E-state index >= 15 is 0 Å². The summed E-state index contributed by atoms with van der Waals surface area (Å²) in [5.74, 6) is -1.73. The van der Waals surface area contributed by atoms with E-state index in [2.05, 4.69) is 10.6 Å². The number of rotatable bonds is 3. The fourth-order valence-electron chi connectivity index (χ4n) is 1.36. The van der Waals surface area contributed by atoms with Crippen molar-refractivity contribution >= 4 is 17.9 Å². The number of amides is 3. The minimum Gasteiger partial charge on any atom is -0.466 e. The molecule has 3 amide bonds. The fourth-order valence-corrected chi connectivity index (χ4v) is 1.36. The molecular weight excluding hydrogens is 200 g/mol. The van der Waals surface area contributed by atoms with Gasteiger partial charge >= 0.3 is 12.0 Å². The van der Waals surface area contributed by atoms with E-state index in [4.69, 9.17) is 4.74 Å². The third kappa shape index (κ3) is 1.93. The molecule has 0 radical (unpaired) electrons. The van der Waals surface area contributed by atoms with E-state index in [1.54, 1.807) is 13.8 Å². The number of urea groups is 1. The lowest BCUT2D eigenvalue weighted by molar-refractivity contribution is -0.152. The van der Waals surface area contributed by atoms with Crippen molar-refractivity contribution in [2.24, 2.45) is 5.92 Å². The van der Waals surface area contributed by atoms with Gasteiger partial charge in [-0.3, -0.25) is 14.9 Å². The van der Waals surface area contributed by atoms with Gasteiger partial charge in [0.25, 0.3) is 5.91 Å². The van der Waals surface area contributed by atoms with Crippen LogP contribution in [0, 0.1) is 5.92 Å². The van der Waals surface area contributed by atoms with E-state index in [1.807, 2.05) is 0 Å². The summed E-state index contributed by atoms with van der Waals surface area (Å²) in [6.07, 6.45) is 0. The zero-order valence-corrected chi connectivity index (χ0v) is 8.92. The zero-order valence-electron chi connectivity index (χ0n) is 8.92. The highest BCUT2D eigenvalue weighted by molar-refractivity contribution is 6.08. The summed E-state index contributed by atoms with van der Waals surface area (Å²) in [6, 6.07) is -0.585. The molecule has 0 bridgehead atoms. The van der Waals surface area contributed by atoms with Crippen molar-refractivity contribution in [2.75, 3.05) is 6.61 Å². The average Bonchev–Trinajstić information content (AvgIpc) is 2.41. The van der Waals surface area contributed by atoms with Gasteiger partial charge in [-0.2, -0.15) is 0 Å². The molecule has 0 aromatic heterocycles. The van der Waals surface area contributed by atoms with Crippen molar-refractivity contribution in [3.8, 4) is 0 Å². The van der Waals surface area contributed by atoms with E-state index in [9.17, 15) is 14.4 Å². The molecule has 2 N–H and O–H groups in total. The van der Waals surface area contributed by atoms with Gasteiger partial charge in [0.2, 0.25) is 0 Å². The van der Waals surface area contributed by atoms with Crippen LogP contribution in [0.25, 0.3) is 0 Å². The van der Waals surface area contributed by atoms with Gasteiger partial charge in [-0.25, -0.2) is 4.79 Å². The Morgan fingerprint density at radius 2 is 2.13 bits per heavy atom. The van der Waals surface area contributed by atoms with Crippen molar-refractivity contribution in [1.82, 2.24) is 10.6 Å². The number of carbonyl (C=O) groups excluding carboxylic acids is 3. The lowest BCUT2D eigenvalue weighted by Gasteiger charge is -2.26. The Morgan fingerprint density at radius 3 is 2.53 bits per heavy atom. The Balaban J connectivity index is 2.82. The van der Waals surface area contributed by atoms with Gasteiger partial charge in [0.15, 0.2) is 0 Å². The summed E-state index contributed by atoms with van der Waals surface area (Å²) < 4.78 is 4.79. The van der Waals surface area contributed by atoms with Crippen LogP contribution in [-0.2, 0) is 14.3 Å². The van der Waals surface area contributed by atoms with Crippen LogP contribution in [0.5, 0.6) is 0 Å². The topological polar surface area (TPSA) is 84.5 Å². The molecule has 0 aliphatic carbocycles. The van der Waals surface area contributed by atoms with Crippen LogP contribution in [-0.4, -0.2) is 30.1 Å². The Bertz CT molecular complexity index is 315. The zero-order chi connectivity index (χ0) is 11.6. The van der Waals surface area contributed by atoms with Gasteiger partial charge in [0.1, 0.15) is 5.54 Å². The SMILES string of the molecule is CCOC(=O)C(C)C1(C)NC(=O)NC1=O. The Hall–Kier alpha value is -1.59. The van der Waals surface area contributed by atoms with E-state index in [-0.39, 0.29) is 6.61 Å². The molecule has 0 aromatic carbocycles. The first-order valence-corrected chi connectivity index (χ1v) is 4.72. The maximum atomic E-state index is 11.5. The van der Waals surface area contributed by atoms with E-state index in [1.165, 1.54) is 6.92 Å². The summed E-state index contributed by atoms with van der Waals surface area (Å²) in [6.45, 7) is 4.97. The third-order valence-electron chi connectivity index (χ3n) is 2.58. The van der Waals surface area contributed by atoms with E-state index in [0.717, 1.165) is 0 Å². The van der Waals surface area contributed by atoms with Gasteiger partial charge in [-0.05, 0) is 20.8 Å². The van der Waals surface area contributed by atoms with Crippen molar-refractivity contribution in [2.45, 2.75) is 26.3 Å². The normalized spacial score (nSPS) is 26.9. The van der Waals surface area contributed by atoms with Crippen molar-refractivity contribution in [3.05, 3.63) is 0 Å². The van der Waals surface area contributed by atoms with Crippen LogP contribution in [0.2, 0.25) is 0 Å². The second-order valence-corrected chi connectivity index (χ2v) is 3.58. The molecule has 1 heterocycles. The van der Waals surface area contributed by atoms with E-state index < -0.39 is 29.4 Å². The van der Waals surface area contributed by atoms with Gasteiger partial charge in [0, 0.05) is 0 Å². The molecule has 0 spiro atoms. The lowest BCUT2D eigenvalue weighted by Crippen LogP contribution is -2.52. The van der Waals surface area contributed by atoms with Crippen LogP contribution in [0.1, 0.15) is 20.8 Å². The van der Waals surface area contributed by atoms with Gasteiger partial charge in [-0.1, -0.05) is 0 Å². The molecular formula is C9H14N2O4. The number of carbonyl (C=O) groups is 3. The predicted octanol–water partition coefficient (Wildman–Crippen LogP) is -0.216. The maximum Gasteiger partial charge on any atom is 0.322 e. The first-order valence-electron chi connectivity index (χ1n) is 4.72. The van der Waals surface area contributed by atoms with E-state index in [0.29, 0.717) is 0 Å². The fraction of sp³-hybridized carbons (Fsp3) is 0.667. The molecule has 6 nitrogen and oxygen atoms in total. The lowest BCUT2D eigenvalue weighted by atomic mass is 9.87. The molecule has 2 atom stereocenters. The molecule has 1 aliphatic rings. The molecule has 84 valence electrons. The molecule has 1 aliphatic heterocycles. The molecule has 6 heteroatoms. The summed E-state index contributed by atoms with van der Waals surface area (Å²) in [4.78, 5) is 33.8. The predicted molar refractivity (Wildman–Crippen MR) is 50.9 cm³/mol. The molecule has 2 unspecified atom stereocenters. The highest BCUT2D eigenvalue weighted by Crippen LogP contribution is 2.21. The first-order chi connectivity index (χ1) is 6.91. The Morgan fingerprint density at radius 1 is 1.53 bits per heavy atom. The number of esters is 1.